The monoisotopic (exact) mass is 441 g/mol. The Labute approximate surface area is 192 Å². The topological polar surface area (TPSA) is 80.0 Å². The Hall–Kier alpha value is -3.65. The smallest absolute Gasteiger partial charge is 0.169 e. The molecule has 0 amide bonds. The molecule has 0 saturated carbocycles. The molecule has 8 nitrogen and oxygen atoms in total. The number of aromatic nitrogens is 5. The van der Waals surface area contributed by atoms with Crippen molar-refractivity contribution < 1.29 is 4.79 Å². The molecule has 0 spiro atoms. The van der Waals surface area contributed by atoms with Crippen LogP contribution in [0.3, 0.4) is 0 Å². The summed E-state index contributed by atoms with van der Waals surface area (Å²) in [5, 5.41) is 5.17. The minimum atomic E-state index is 0.0422. The molecule has 168 valence electrons. The Balaban J connectivity index is 1.39. The first-order chi connectivity index (χ1) is 16.0. The lowest BCUT2D eigenvalue weighted by Gasteiger charge is -2.34. The highest BCUT2D eigenvalue weighted by atomic mass is 16.1. The van der Waals surface area contributed by atoms with Gasteiger partial charge in [0.05, 0.1) is 29.5 Å². The van der Waals surface area contributed by atoms with Crippen molar-refractivity contribution in [1.29, 1.82) is 0 Å². The molecule has 33 heavy (non-hydrogen) atoms. The van der Waals surface area contributed by atoms with Gasteiger partial charge in [-0.1, -0.05) is 0 Å². The molecule has 5 rings (SSSR count). The Kier molecular flexibility index (Phi) is 5.60. The molecule has 1 fully saturated rings. The van der Waals surface area contributed by atoms with Crippen molar-refractivity contribution in [3.8, 4) is 11.3 Å². The summed E-state index contributed by atoms with van der Waals surface area (Å²) in [6.07, 6.45) is 7.48. The highest BCUT2D eigenvalue weighted by Gasteiger charge is 2.20. The zero-order chi connectivity index (χ0) is 22.9. The molecular formula is C25H27N7O. The summed E-state index contributed by atoms with van der Waals surface area (Å²) in [6.45, 7) is 5.81. The van der Waals surface area contributed by atoms with Crippen molar-refractivity contribution in [3.63, 3.8) is 0 Å². The van der Waals surface area contributed by atoms with Crippen molar-refractivity contribution in [2.45, 2.75) is 13.3 Å². The highest BCUT2D eigenvalue weighted by Crippen LogP contribution is 2.24. The van der Waals surface area contributed by atoms with Crippen molar-refractivity contribution >= 4 is 22.5 Å². The van der Waals surface area contributed by atoms with E-state index in [1.165, 1.54) is 0 Å². The summed E-state index contributed by atoms with van der Waals surface area (Å²) in [5.74, 6) is 0.948. The van der Waals surface area contributed by atoms with E-state index >= 15 is 0 Å². The van der Waals surface area contributed by atoms with Gasteiger partial charge in [0.2, 0.25) is 0 Å². The fraction of sp³-hybridized carbons (Fsp3) is 0.320. The maximum Gasteiger partial charge on any atom is 0.169 e. The van der Waals surface area contributed by atoms with Crippen molar-refractivity contribution in [2.24, 2.45) is 7.05 Å². The van der Waals surface area contributed by atoms with Crippen LogP contribution in [0, 0.1) is 6.92 Å². The fourth-order valence-electron chi connectivity index (χ4n) is 4.29. The molecule has 0 unspecified atom stereocenters. The van der Waals surface area contributed by atoms with Gasteiger partial charge >= 0.3 is 0 Å². The van der Waals surface area contributed by atoms with Gasteiger partial charge in [0, 0.05) is 73.9 Å². The van der Waals surface area contributed by atoms with E-state index < -0.39 is 0 Å². The van der Waals surface area contributed by atoms with Crippen LogP contribution < -0.4 is 4.90 Å². The summed E-state index contributed by atoms with van der Waals surface area (Å²) in [6, 6.07) is 7.69. The Morgan fingerprint density at radius 1 is 1.03 bits per heavy atom. The summed E-state index contributed by atoms with van der Waals surface area (Å²) >= 11 is 0. The van der Waals surface area contributed by atoms with Crippen LogP contribution in [-0.4, -0.2) is 68.6 Å². The second kappa shape index (κ2) is 8.71. The summed E-state index contributed by atoms with van der Waals surface area (Å²) in [5.41, 5.74) is 4.97. The van der Waals surface area contributed by atoms with Crippen LogP contribution in [-0.2, 0) is 13.5 Å². The number of carbonyl (C=O) groups excluding carboxylic acids is 1. The van der Waals surface area contributed by atoms with E-state index in [0.717, 1.165) is 59.7 Å². The molecule has 0 bridgehead atoms. The van der Waals surface area contributed by atoms with Crippen LogP contribution in [0.1, 0.15) is 21.6 Å². The van der Waals surface area contributed by atoms with Crippen LogP contribution in [0.2, 0.25) is 0 Å². The van der Waals surface area contributed by atoms with E-state index in [9.17, 15) is 4.79 Å². The summed E-state index contributed by atoms with van der Waals surface area (Å²) in [4.78, 5) is 31.7. The number of rotatable bonds is 5. The molecule has 0 aromatic carbocycles. The highest BCUT2D eigenvalue weighted by molar-refractivity contribution is 5.99. The second-order valence-electron chi connectivity index (χ2n) is 8.66. The van der Waals surface area contributed by atoms with Gasteiger partial charge in [-0.25, -0.2) is 9.97 Å². The predicted octanol–water partition coefficient (Wildman–Crippen LogP) is 2.91. The number of carbonyl (C=O) groups is 1. The largest absolute Gasteiger partial charge is 0.354 e. The number of Topliss-reactive ketones (excluding diaryl/α,β-unsaturated/α-hetero) is 1. The van der Waals surface area contributed by atoms with Crippen LogP contribution in [0.25, 0.3) is 22.2 Å². The van der Waals surface area contributed by atoms with Gasteiger partial charge in [-0.05, 0) is 38.2 Å². The number of pyridine rings is 3. The van der Waals surface area contributed by atoms with Gasteiger partial charge in [0.15, 0.2) is 5.78 Å². The number of fused-ring (bicyclic) bond motifs is 1. The first-order valence-corrected chi connectivity index (χ1v) is 11.1. The molecule has 0 atom stereocenters. The van der Waals surface area contributed by atoms with E-state index in [2.05, 4.69) is 31.9 Å². The Morgan fingerprint density at radius 2 is 1.85 bits per heavy atom. The summed E-state index contributed by atoms with van der Waals surface area (Å²) in [7, 11) is 4.01. The first-order valence-electron chi connectivity index (χ1n) is 11.1. The number of aryl methyl sites for hydroxylation is 1. The minimum Gasteiger partial charge on any atom is -0.354 e. The van der Waals surface area contributed by atoms with Crippen LogP contribution >= 0.6 is 0 Å². The molecule has 0 N–H and O–H groups in total. The quantitative estimate of drug-likeness (QED) is 0.441. The second-order valence-corrected chi connectivity index (χ2v) is 8.66. The fourth-order valence-corrected chi connectivity index (χ4v) is 4.29. The lowest BCUT2D eigenvalue weighted by Crippen LogP contribution is -2.45. The molecule has 4 aromatic rings. The molecule has 1 saturated heterocycles. The normalized spacial score (nSPS) is 14.7. The number of piperazine rings is 1. The van der Waals surface area contributed by atoms with Gasteiger partial charge in [-0.15, -0.1) is 0 Å². The molecular weight excluding hydrogens is 414 g/mol. The Morgan fingerprint density at radius 3 is 2.61 bits per heavy atom. The van der Waals surface area contributed by atoms with Gasteiger partial charge in [-0.3, -0.25) is 14.5 Å². The number of hydrogen-bond acceptors (Lipinski definition) is 7. The van der Waals surface area contributed by atoms with Crippen molar-refractivity contribution in [2.75, 3.05) is 38.1 Å². The van der Waals surface area contributed by atoms with E-state index in [4.69, 9.17) is 4.98 Å². The lowest BCUT2D eigenvalue weighted by atomic mass is 10.0. The SMILES string of the molecule is Cc1c(C(=O)Cc2cc3nc(-c4cnn(C)c4)ccc3cn2)ccnc1N1CCN(C)CC1. The first kappa shape index (κ1) is 21.2. The van der Waals surface area contributed by atoms with Gasteiger partial charge in [0.25, 0.3) is 0 Å². The van der Waals surface area contributed by atoms with Crippen molar-refractivity contribution in [3.05, 3.63) is 65.9 Å². The van der Waals surface area contributed by atoms with Crippen LogP contribution in [0.4, 0.5) is 5.82 Å². The maximum absolute atomic E-state index is 13.2. The molecule has 1 aliphatic rings. The van der Waals surface area contributed by atoms with E-state index in [0.29, 0.717) is 11.3 Å². The molecule has 0 radical (unpaired) electrons. The molecule has 0 aliphatic carbocycles. The van der Waals surface area contributed by atoms with Crippen molar-refractivity contribution in [1.82, 2.24) is 29.6 Å². The lowest BCUT2D eigenvalue weighted by molar-refractivity contribution is 0.0991. The number of anilines is 1. The average Bonchev–Trinajstić information content (AvgIpc) is 3.25. The summed E-state index contributed by atoms with van der Waals surface area (Å²) < 4.78 is 1.76. The number of hydrogen-bond donors (Lipinski definition) is 0. The van der Waals surface area contributed by atoms with Crippen LogP contribution in [0.5, 0.6) is 0 Å². The van der Waals surface area contributed by atoms with E-state index in [1.807, 2.05) is 44.4 Å². The van der Waals surface area contributed by atoms with E-state index in [1.54, 1.807) is 23.3 Å². The van der Waals surface area contributed by atoms with Gasteiger partial charge in [0.1, 0.15) is 5.82 Å². The standard InChI is InChI=1S/C25H27N7O/c1-17-21(6-7-26-25(17)32-10-8-30(2)9-11-32)24(33)13-20-12-23-18(14-27-20)4-5-22(29-23)19-15-28-31(3)16-19/h4-7,12,14-16H,8-11,13H2,1-3H3. The number of nitrogens with zero attached hydrogens (tertiary/aromatic N) is 7. The zero-order valence-corrected chi connectivity index (χ0v) is 19.2. The number of likely N-dealkylation sites (N-methyl/N-ethyl adjacent to an activating group) is 1. The van der Waals surface area contributed by atoms with Gasteiger partial charge in [-0.2, -0.15) is 5.10 Å². The molecule has 1 aliphatic heterocycles. The van der Waals surface area contributed by atoms with Gasteiger partial charge < -0.3 is 9.80 Å². The third kappa shape index (κ3) is 4.34. The van der Waals surface area contributed by atoms with E-state index in [-0.39, 0.29) is 12.2 Å². The third-order valence-corrected chi connectivity index (χ3v) is 6.25. The maximum atomic E-state index is 13.2. The number of ketones is 1. The predicted molar refractivity (Wildman–Crippen MR) is 128 cm³/mol. The molecule has 4 aromatic heterocycles. The molecule has 8 heteroatoms. The Bertz CT molecular complexity index is 1320. The zero-order valence-electron chi connectivity index (χ0n) is 19.2. The molecule has 5 heterocycles. The van der Waals surface area contributed by atoms with Crippen LogP contribution in [0.15, 0.2) is 49.1 Å². The minimum absolute atomic E-state index is 0.0422. The average molecular weight is 442 g/mol. The third-order valence-electron chi connectivity index (χ3n) is 6.25.